The molecule has 6 heteroatoms. The Morgan fingerprint density at radius 3 is 2.50 bits per heavy atom. The van der Waals surface area contributed by atoms with Gasteiger partial charge in [-0.2, -0.15) is 0 Å². The number of amides is 3. The van der Waals surface area contributed by atoms with Crippen molar-refractivity contribution in [3.8, 4) is 0 Å². The number of rotatable bonds is 4. The second-order valence-corrected chi connectivity index (χ2v) is 4.60. The van der Waals surface area contributed by atoms with Crippen molar-refractivity contribution in [2.24, 2.45) is 11.7 Å². The van der Waals surface area contributed by atoms with E-state index in [-0.39, 0.29) is 6.61 Å². The molecule has 0 radical (unpaired) electrons. The average molecular weight is 276 g/mol. The van der Waals surface area contributed by atoms with Crippen LogP contribution >= 0.6 is 0 Å². The normalized spacial score (nSPS) is 21.2. The van der Waals surface area contributed by atoms with Crippen molar-refractivity contribution >= 4 is 17.9 Å². The van der Waals surface area contributed by atoms with E-state index in [0.717, 1.165) is 10.5 Å². The highest BCUT2D eigenvalue weighted by atomic mass is 16.5. The highest BCUT2D eigenvalue weighted by molar-refractivity contribution is 6.07. The molecule has 6 nitrogen and oxygen atoms in total. The van der Waals surface area contributed by atoms with Crippen LogP contribution in [0.3, 0.4) is 0 Å². The number of hydrogen-bond donors (Lipinski definition) is 1. The number of nitrogens with two attached hydrogens (primary N) is 1. The van der Waals surface area contributed by atoms with Crippen LogP contribution in [0.5, 0.6) is 0 Å². The number of esters is 1. The summed E-state index contributed by atoms with van der Waals surface area (Å²) in [6.07, 6.45) is 0.466. The van der Waals surface area contributed by atoms with Crippen molar-refractivity contribution in [2.75, 3.05) is 0 Å². The Morgan fingerprint density at radius 2 is 1.95 bits per heavy atom. The molecule has 0 aromatic heterocycles. The number of primary amides is 1. The molecule has 106 valence electrons. The smallest absolute Gasteiger partial charge is 0.330 e. The number of ether oxygens (including phenoxy) is 1. The highest BCUT2D eigenvalue weighted by Gasteiger charge is 2.53. The third-order valence-corrected chi connectivity index (χ3v) is 3.36. The quantitative estimate of drug-likeness (QED) is 0.657. The van der Waals surface area contributed by atoms with Gasteiger partial charge in [0.15, 0.2) is 6.04 Å². The zero-order valence-electron chi connectivity index (χ0n) is 11.1. The lowest BCUT2D eigenvalue weighted by Gasteiger charge is -2.42. The van der Waals surface area contributed by atoms with Crippen LogP contribution in [-0.2, 0) is 20.9 Å². The van der Waals surface area contributed by atoms with Crippen molar-refractivity contribution in [3.05, 3.63) is 35.9 Å². The summed E-state index contributed by atoms with van der Waals surface area (Å²) >= 11 is 0. The fourth-order valence-corrected chi connectivity index (χ4v) is 2.28. The maximum absolute atomic E-state index is 12.0. The second-order valence-electron chi connectivity index (χ2n) is 4.60. The molecule has 2 N–H and O–H groups in total. The zero-order valence-corrected chi connectivity index (χ0v) is 11.1. The summed E-state index contributed by atoms with van der Waals surface area (Å²) < 4.78 is 5.15. The lowest BCUT2D eigenvalue weighted by molar-refractivity contribution is -0.170. The molecular formula is C14H16N2O4. The van der Waals surface area contributed by atoms with Gasteiger partial charge in [-0.3, -0.25) is 4.79 Å². The molecule has 1 aliphatic heterocycles. The first kappa shape index (κ1) is 14.0. The first-order valence-corrected chi connectivity index (χ1v) is 6.39. The largest absolute Gasteiger partial charge is 0.459 e. The monoisotopic (exact) mass is 276 g/mol. The van der Waals surface area contributed by atoms with Gasteiger partial charge in [0, 0.05) is 0 Å². The van der Waals surface area contributed by atoms with Crippen molar-refractivity contribution in [3.63, 3.8) is 0 Å². The van der Waals surface area contributed by atoms with Crippen LogP contribution in [0.4, 0.5) is 4.79 Å². The van der Waals surface area contributed by atoms with Crippen molar-refractivity contribution < 1.29 is 19.1 Å². The van der Waals surface area contributed by atoms with Crippen LogP contribution in [0, 0.1) is 5.92 Å². The Morgan fingerprint density at radius 1 is 1.30 bits per heavy atom. The van der Waals surface area contributed by atoms with E-state index in [1.165, 1.54) is 0 Å². The lowest BCUT2D eigenvalue weighted by Crippen LogP contribution is -2.67. The van der Waals surface area contributed by atoms with Crippen molar-refractivity contribution in [1.29, 1.82) is 0 Å². The Hall–Kier alpha value is -2.37. The minimum atomic E-state index is -0.915. The molecular weight excluding hydrogens is 260 g/mol. The number of likely N-dealkylation sites (tertiary alicyclic amines) is 1. The fourth-order valence-electron chi connectivity index (χ4n) is 2.28. The van der Waals surface area contributed by atoms with Gasteiger partial charge in [-0.25, -0.2) is 14.5 Å². The highest BCUT2D eigenvalue weighted by Crippen LogP contribution is 2.30. The van der Waals surface area contributed by atoms with E-state index in [1.807, 2.05) is 30.3 Å². The van der Waals surface area contributed by atoms with E-state index < -0.39 is 29.9 Å². The average Bonchev–Trinajstić information content (AvgIpc) is 2.43. The summed E-state index contributed by atoms with van der Waals surface area (Å²) in [4.78, 5) is 35.6. The van der Waals surface area contributed by atoms with Crippen LogP contribution in [0.15, 0.2) is 30.3 Å². The summed E-state index contributed by atoms with van der Waals surface area (Å²) in [5.41, 5.74) is 5.94. The molecule has 1 heterocycles. The molecule has 0 spiro atoms. The van der Waals surface area contributed by atoms with Gasteiger partial charge in [0.1, 0.15) is 6.61 Å². The summed E-state index contributed by atoms with van der Waals surface area (Å²) in [6, 6.07) is 7.36. The number of β-lactam (4-membered cyclic amide) rings is 1. The molecule has 2 rings (SSSR count). The standard InChI is InChI=1S/C14H16N2O4/c1-2-10-11(16(12(10)17)14(15)19)13(18)20-8-9-6-4-3-5-7-9/h3-7,10-11H,2,8H2,1H3,(H2,15,19). The van der Waals surface area contributed by atoms with Crippen molar-refractivity contribution in [2.45, 2.75) is 26.0 Å². The molecule has 0 saturated carbocycles. The van der Waals surface area contributed by atoms with E-state index in [9.17, 15) is 14.4 Å². The number of carbonyl (C=O) groups is 3. The van der Waals surface area contributed by atoms with Crippen LogP contribution in [-0.4, -0.2) is 28.8 Å². The Labute approximate surface area is 116 Å². The predicted molar refractivity (Wildman–Crippen MR) is 70.2 cm³/mol. The zero-order chi connectivity index (χ0) is 14.7. The number of hydrogen-bond acceptors (Lipinski definition) is 4. The third-order valence-electron chi connectivity index (χ3n) is 3.36. The van der Waals surface area contributed by atoms with E-state index in [4.69, 9.17) is 10.5 Å². The summed E-state index contributed by atoms with van der Waals surface area (Å²) in [7, 11) is 0. The van der Waals surface area contributed by atoms with E-state index in [1.54, 1.807) is 6.92 Å². The molecule has 2 atom stereocenters. The molecule has 1 aromatic rings. The van der Waals surface area contributed by atoms with Gasteiger partial charge in [-0.15, -0.1) is 0 Å². The van der Waals surface area contributed by atoms with Crippen molar-refractivity contribution in [1.82, 2.24) is 4.90 Å². The van der Waals surface area contributed by atoms with Gasteiger partial charge in [-0.1, -0.05) is 37.3 Å². The summed E-state index contributed by atoms with van der Waals surface area (Å²) in [6.45, 7) is 1.88. The Bertz CT molecular complexity index is 529. The Kier molecular flexibility index (Phi) is 4.02. The van der Waals surface area contributed by atoms with Gasteiger partial charge in [-0.05, 0) is 12.0 Å². The van der Waals surface area contributed by atoms with Crippen LogP contribution in [0.25, 0.3) is 0 Å². The van der Waals surface area contributed by atoms with Gasteiger partial charge < -0.3 is 10.5 Å². The molecule has 20 heavy (non-hydrogen) atoms. The first-order chi connectivity index (χ1) is 9.56. The number of urea groups is 1. The van der Waals surface area contributed by atoms with E-state index in [2.05, 4.69) is 0 Å². The molecule has 1 aromatic carbocycles. The Balaban J connectivity index is 2.00. The van der Waals surface area contributed by atoms with E-state index in [0.29, 0.717) is 6.42 Å². The maximum Gasteiger partial charge on any atom is 0.330 e. The molecule has 0 bridgehead atoms. The maximum atomic E-state index is 12.0. The molecule has 2 unspecified atom stereocenters. The molecule has 3 amide bonds. The summed E-state index contributed by atoms with van der Waals surface area (Å²) in [5.74, 6) is -1.54. The number of nitrogens with zero attached hydrogens (tertiary/aromatic N) is 1. The number of imide groups is 1. The second kappa shape index (κ2) is 5.73. The van der Waals surface area contributed by atoms with Crippen LogP contribution in [0.1, 0.15) is 18.9 Å². The molecule has 1 aliphatic rings. The topological polar surface area (TPSA) is 89.7 Å². The first-order valence-electron chi connectivity index (χ1n) is 6.39. The van der Waals surface area contributed by atoms with Crippen LogP contribution < -0.4 is 5.73 Å². The molecule has 0 aliphatic carbocycles. The molecule has 1 fully saturated rings. The predicted octanol–water partition coefficient (Wildman–Crippen LogP) is 1.05. The SMILES string of the molecule is CCC1C(=O)N(C(N)=O)C1C(=O)OCc1ccccc1. The molecule has 1 saturated heterocycles. The minimum Gasteiger partial charge on any atom is -0.459 e. The number of carbonyl (C=O) groups excluding carboxylic acids is 3. The lowest BCUT2D eigenvalue weighted by atomic mass is 9.85. The van der Waals surface area contributed by atoms with Gasteiger partial charge in [0.05, 0.1) is 5.92 Å². The fraction of sp³-hybridized carbons (Fsp3) is 0.357. The van der Waals surface area contributed by atoms with Gasteiger partial charge >= 0.3 is 12.0 Å². The van der Waals surface area contributed by atoms with Crippen LogP contribution in [0.2, 0.25) is 0 Å². The third kappa shape index (κ3) is 2.49. The number of benzene rings is 1. The van der Waals surface area contributed by atoms with Gasteiger partial charge in [0.2, 0.25) is 5.91 Å². The minimum absolute atomic E-state index is 0.105. The summed E-state index contributed by atoms with van der Waals surface area (Å²) in [5, 5.41) is 0. The van der Waals surface area contributed by atoms with Gasteiger partial charge in [0.25, 0.3) is 0 Å². The van der Waals surface area contributed by atoms with E-state index >= 15 is 0 Å².